The Morgan fingerprint density at radius 1 is 1.35 bits per heavy atom. The number of carbonyl (C=O) groups is 2. The molecular formula is C17H23FN2O3. The van der Waals surface area contributed by atoms with Crippen molar-refractivity contribution in [1.82, 2.24) is 10.2 Å². The zero-order chi connectivity index (χ0) is 17.0. The third kappa shape index (κ3) is 5.23. The summed E-state index contributed by atoms with van der Waals surface area (Å²) in [6.45, 7) is 6.46. The van der Waals surface area contributed by atoms with Crippen LogP contribution in [0, 0.1) is 5.82 Å². The van der Waals surface area contributed by atoms with Gasteiger partial charge in [-0.3, -0.25) is 4.79 Å². The predicted octanol–water partition coefficient (Wildman–Crippen LogP) is 2.96. The van der Waals surface area contributed by atoms with E-state index in [4.69, 9.17) is 4.74 Å². The first-order chi connectivity index (χ1) is 10.7. The van der Waals surface area contributed by atoms with Crippen LogP contribution >= 0.6 is 0 Å². The Labute approximate surface area is 135 Å². The first-order valence-electron chi connectivity index (χ1n) is 7.79. The van der Waals surface area contributed by atoms with Crippen LogP contribution in [-0.4, -0.2) is 41.6 Å². The first-order valence-corrected chi connectivity index (χ1v) is 7.79. The topological polar surface area (TPSA) is 58.6 Å². The third-order valence-corrected chi connectivity index (χ3v) is 3.50. The molecule has 0 aliphatic carbocycles. The maximum atomic E-state index is 13.2. The third-order valence-electron chi connectivity index (χ3n) is 3.50. The molecule has 5 nitrogen and oxygen atoms in total. The van der Waals surface area contributed by atoms with E-state index >= 15 is 0 Å². The van der Waals surface area contributed by atoms with Gasteiger partial charge in [-0.15, -0.1) is 0 Å². The maximum Gasteiger partial charge on any atom is 0.410 e. The van der Waals surface area contributed by atoms with Gasteiger partial charge in [-0.1, -0.05) is 6.07 Å². The van der Waals surface area contributed by atoms with Gasteiger partial charge in [-0.2, -0.15) is 0 Å². The second kappa shape index (κ2) is 6.98. The van der Waals surface area contributed by atoms with Gasteiger partial charge in [0.25, 0.3) is 5.91 Å². The predicted molar refractivity (Wildman–Crippen MR) is 84.7 cm³/mol. The van der Waals surface area contributed by atoms with E-state index < -0.39 is 11.4 Å². The first kappa shape index (κ1) is 17.2. The number of amides is 2. The summed E-state index contributed by atoms with van der Waals surface area (Å²) in [6.07, 6.45) is 1.19. The zero-order valence-electron chi connectivity index (χ0n) is 13.8. The molecule has 2 rings (SSSR count). The smallest absolute Gasteiger partial charge is 0.410 e. The highest BCUT2D eigenvalue weighted by Crippen LogP contribution is 2.16. The molecule has 1 aliphatic rings. The average Bonchev–Trinajstić information content (AvgIpc) is 2.45. The number of nitrogens with one attached hydrogen (secondary N) is 1. The molecule has 2 amide bonds. The van der Waals surface area contributed by atoms with Crippen LogP contribution in [0.5, 0.6) is 0 Å². The number of piperidine rings is 1. The fourth-order valence-electron chi connectivity index (χ4n) is 2.49. The highest BCUT2D eigenvalue weighted by Gasteiger charge is 2.28. The van der Waals surface area contributed by atoms with Crippen LogP contribution in [0.15, 0.2) is 24.3 Å². The molecule has 1 aromatic rings. The molecule has 1 aromatic carbocycles. The summed E-state index contributed by atoms with van der Waals surface area (Å²) in [4.78, 5) is 25.9. The number of ether oxygens (including phenoxy) is 1. The van der Waals surface area contributed by atoms with Crippen LogP contribution in [0.25, 0.3) is 0 Å². The Morgan fingerprint density at radius 3 is 2.74 bits per heavy atom. The molecule has 1 atom stereocenters. The normalized spacial score (nSPS) is 18.4. The van der Waals surface area contributed by atoms with E-state index in [1.165, 1.54) is 18.2 Å². The average molecular weight is 322 g/mol. The molecule has 6 heteroatoms. The van der Waals surface area contributed by atoms with Crippen molar-refractivity contribution >= 4 is 12.0 Å². The summed E-state index contributed by atoms with van der Waals surface area (Å²) in [5.74, 6) is -0.780. The summed E-state index contributed by atoms with van der Waals surface area (Å²) in [5.41, 5.74) is -0.270. The van der Waals surface area contributed by atoms with Crippen LogP contribution < -0.4 is 5.32 Å². The summed E-state index contributed by atoms with van der Waals surface area (Å²) in [6, 6.07) is 5.39. The maximum absolute atomic E-state index is 13.2. The van der Waals surface area contributed by atoms with E-state index in [0.29, 0.717) is 13.1 Å². The molecule has 0 aromatic heterocycles. The summed E-state index contributed by atoms with van der Waals surface area (Å²) in [5, 5.41) is 2.86. The lowest BCUT2D eigenvalue weighted by atomic mass is 10.1. The zero-order valence-corrected chi connectivity index (χ0v) is 13.8. The summed E-state index contributed by atoms with van der Waals surface area (Å²) < 4.78 is 18.5. The van der Waals surface area contributed by atoms with Gasteiger partial charge in [-0.25, -0.2) is 9.18 Å². The van der Waals surface area contributed by atoms with Crippen LogP contribution in [0.2, 0.25) is 0 Å². The Morgan fingerprint density at radius 2 is 2.09 bits per heavy atom. The number of likely N-dealkylation sites (tertiary alicyclic amines) is 1. The molecule has 1 heterocycles. The molecule has 0 unspecified atom stereocenters. The van der Waals surface area contributed by atoms with Crippen molar-refractivity contribution in [2.75, 3.05) is 13.1 Å². The monoisotopic (exact) mass is 322 g/mol. The van der Waals surface area contributed by atoms with Crippen molar-refractivity contribution in [1.29, 1.82) is 0 Å². The molecule has 1 saturated heterocycles. The van der Waals surface area contributed by atoms with Gasteiger partial charge in [0.2, 0.25) is 0 Å². The van der Waals surface area contributed by atoms with Gasteiger partial charge >= 0.3 is 6.09 Å². The molecule has 23 heavy (non-hydrogen) atoms. The molecule has 1 fully saturated rings. The summed E-state index contributed by atoms with van der Waals surface area (Å²) >= 11 is 0. The van der Waals surface area contributed by atoms with Gasteiger partial charge in [0.05, 0.1) is 0 Å². The molecule has 0 radical (unpaired) electrons. The lowest BCUT2D eigenvalue weighted by Crippen LogP contribution is -2.50. The fraction of sp³-hybridized carbons (Fsp3) is 0.529. The second-order valence-corrected chi connectivity index (χ2v) is 6.75. The number of hydrogen-bond acceptors (Lipinski definition) is 3. The van der Waals surface area contributed by atoms with Crippen molar-refractivity contribution < 1.29 is 18.7 Å². The Balaban J connectivity index is 1.93. The van der Waals surface area contributed by atoms with Gasteiger partial charge < -0.3 is 15.0 Å². The van der Waals surface area contributed by atoms with Crippen molar-refractivity contribution in [3.8, 4) is 0 Å². The molecule has 0 bridgehead atoms. The molecule has 0 spiro atoms. The molecule has 1 aliphatic heterocycles. The fourth-order valence-corrected chi connectivity index (χ4v) is 2.49. The van der Waals surface area contributed by atoms with Crippen LogP contribution in [0.3, 0.4) is 0 Å². The molecule has 126 valence electrons. The minimum atomic E-state index is -0.547. The van der Waals surface area contributed by atoms with Crippen molar-refractivity contribution in [2.45, 2.75) is 45.3 Å². The largest absolute Gasteiger partial charge is 0.444 e. The van der Waals surface area contributed by atoms with E-state index in [1.54, 1.807) is 11.0 Å². The van der Waals surface area contributed by atoms with Gasteiger partial charge in [0, 0.05) is 24.7 Å². The van der Waals surface area contributed by atoms with E-state index in [1.807, 2.05) is 20.8 Å². The lowest BCUT2D eigenvalue weighted by Gasteiger charge is -2.34. The number of nitrogens with zero attached hydrogens (tertiary/aromatic N) is 1. The minimum Gasteiger partial charge on any atom is -0.444 e. The highest BCUT2D eigenvalue weighted by atomic mass is 19.1. The van der Waals surface area contributed by atoms with Crippen molar-refractivity contribution in [3.63, 3.8) is 0 Å². The molecule has 0 saturated carbocycles. The van der Waals surface area contributed by atoms with E-state index in [-0.39, 0.29) is 23.6 Å². The van der Waals surface area contributed by atoms with E-state index in [9.17, 15) is 14.0 Å². The van der Waals surface area contributed by atoms with E-state index in [0.717, 1.165) is 12.8 Å². The second-order valence-electron chi connectivity index (χ2n) is 6.75. The SMILES string of the molecule is CC(C)(C)OC(=O)N1CCC[C@H](NC(=O)c2cccc(F)c2)C1. The Bertz CT molecular complexity index is 583. The standard InChI is InChI=1S/C17H23FN2O3/c1-17(2,3)23-16(22)20-9-5-8-14(11-20)19-15(21)12-6-4-7-13(18)10-12/h4,6-7,10,14H,5,8-9,11H2,1-3H3,(H,19,21)/t14-/m0/s1. The Hall–Kier alpha value is -2.11. The van der Waals surface area contributed by atoms with Crippen LogP contribution in [-0.2, 0) is 4.74 Å². The number of rotatable bonds is 2. The number of benzene rings is 1. The van der Waals surface area contributed by atoms with Gasteiger partial charge in [0.1, 0.15) is 11.4 Å². The molecular weight excluding hydrogens is 299 g/mol. The quantitative estimate of drug-likeness (QED) is 0.911. The van der Waals surface area contributed by atoms with Crippen molar-refractivity contribution in [2.24, 2.45) is 0 Å². The minimum absolute atomic E-state index is 0.160. The number of hydrogen-bond donors (Lipinski definition) is 1. The number of carbonyl (C=O) groups excluding carboxylic acids is 2. The molecule has 1 N–H and O–H groups in total. The summed E-state index contributed by atoms with van der Waals surface area (Å²) in [7, 11) is 0. The van der Waals surface area contributed by atoms with Crippen LogP contribution in [0.4, 0.5) is 9.18 Å². The van der Waals surface area contributed by atoms with Crippen LogP contribution in [0.1, 0.15) is 44.0 Å². The van der Waals surface area contributed by atoms with Crippen molar-refractivity contribution in [3.05, 3.63) is 35.6 Å². The Kier molecular flexibility index (Phi) is 5.23. The van der Waals surface area contributed by atoms with E-state index in [2.05, 4.69) is 5.32 Å². The lowest BCUT2D eigenvalue weighted by molar-refractivity contribution is 0.0185. The highest BCUT2D eigenvalue weighted by molar-refractivity contribution is 5.94. The number of halogens is 1. The van der Waals surface area contributed by atoms with Gasteiger partial charge in [-0.05, 0) is 51.8 Å². The van der Waals surface area contributed by atoms with Gasteiger partial charge in [0.15, 0.2) is 0 Å².